The molecule has 4 heteroatoms. The highest BCUT2D eigenvalue weighted by atomic mass is 16.5. The lowest BCUT2D eigenvalue weighted by molar-refractivity contribution is -0.140. The molecular formula is C33H41NO3. The Balaban J connectivity index is 1.68. The van der Waals surface area contributed by atoms with Gasteiger partial charge in [0.05, 0.1) is 13.5 Å². The number of amides is 1. The van der Waals surface area contributed by atoms with E-state index in [1.807, 2.05) is 12.1 Å². The van der Waals surface area contributed by atoms with Crippen LogP contribution in [-0.4, -0.2) is 25.5 Å². The van der Waals surface area contributed by atoms with E-state index < -0.39 is 0 Å². The van der Waals surface area contributed by atoms with E-state index in [-0.39, 0.29) is 30.3 Å². The Labute approximate surface area is 222 Å². The second kappa shape index (κ2) is 12.7. The van der Waals surface area contributed by atoms with Crippen molar-refractivity contribution in [1.29, 1.82) is 0 Å². The molecule has 1 atom stereocenters. The van der Waals surface area contributed by atoms with Gasteiger partial charge in [0.15, 0.2) is 0 Å². The van der Waals surface area contributed by atoms with E-state index >= 15 is 0 Å². The SMILES string of the molecule is COC(=O)CCNC(=O)c1ccc(C(Cc2ccc(-c3ccc(C(C)(C)C)cc3)cc2)CC(C)C)cc1. The highest BCUT2D eigenvalue weighted by molar-refractivity contribution is 5.94. The van der Waals surface area contributed by atoms with Gasteiger partial charge in [-0.1, -0.05) is 95.3 Å². The van der Waals surface area contributed by atoms with Gasteiger partial charge in [0, 0.05) is 12.1 Å². The van der Waals surface area contributed by atoms with E-state index in [2.05, 4.69) is 105 Å². The van der Waals surface area contributed by atoms with Gasteiger partial charge in [-0.25, -0.2) is 0 Å². The van der Waals surface area contributed by atoms with Gasteiger partial charge in [-0.05, 0) is 70.0 Å². The second-order valence-corrected chi connectivity index (χ2v) is 11.3. The molecule has 0 aromatic heterocycles. The number of benzene rings is 3. The van der Waals surface area contributed by atoms with Crippen LogP contribution in [0.3, 0.4) is 0 Å². The topological polar surface area (TPSA) is 55.4 Å². The molecule has 196 valence electrons. The average Bonchev–Trinajstić information content (AvgIpc) is 2.88. The number of rotatable bonds is 10. The van der Waals surface area contributed by atoms with E-state index in [1.165, 1.54) is 34.9 Å². The lowest BCUT2D eigenvalue weighted by atomic mass is 9.84. The summed E-state index contributed by atoms with van der Waals surface area (Å²) in [4.78, 5) is 23.7. The van der Waals surface area contributed by atoms with Crippen LogP contribution in [0.25, 0.3) is 11.1 Å². The highest BCUT2D eigenvalue weighted by Gasteiger charge is 2.16. The molecule has 0 radical (unpaired) electrons. The van der Waals surface area contributed by atoms with Crippen LogP contribution in [-0.2, 0) is 21.4 Å². The maximum Gasteiger partial charge on any atom is 0.307 e. The number of hydrogen-bond donors (Lipinski definition) is 1. The van der Waals surface area contributed by atoms with Gasteiger partial charge in [0.1, 0.15) is 0 Å². The Morgan fingerprint density at radius 2 is 1.41 bits per heavy atom. The molecule has 0 aliphatic rings. The van der Waals surface area contributed by atoms with Crippen LogP contribution in [0.5, 0.6) is 0 Å². The van der Waals surface area contributed by atoms with Crippen molar-refractivity contribution >= 4 is 11.9 Å². The summed E-state index contributed by atoms with van der Waals surface area (Å²) >= 11 is 0. The van der Waals surface area contributed by atoms with Crippen molar-refractivity contribution in [3.8, 4) is 11.1 Å². The first-order valence-electron chi connectivity index (χ1n) is 13.2. The van der Waals surface area contributed by atoms with Gasteiger partial charge in [-0.2, -0.15) is 0 Å². The van der Waals surface area contributed by atoms with E-state index in [1.54, 1.807) is 0 Å². The summed E-state index contributed by atoms with van der Waals surface area (Å²) in [7, 11) is 1.34. The number of carbonyl (C=O) groups excluding carboxylic acids is 2. The van der Waals surface area contributed by atoms with Crippen molar-refractivity contribution in [3.63, 3.8) is 0 Å². The van der Waals surface area contributed by atoms with Crippen molar-refractivity contribution in [2.24, 2.45) is 5.92 Å². The van der Waals surface area contributed by atoms with Gasteiger partial charge < -0.3 is 10.1 Å². The fourth-order valence-corrected chi connectivity index (χ4v) is 4.58. The number of ether oxygens (including phenoxy) is 1. The molecule has 4 nitrogen and oxygen atoms in total. The molecule has 0 aliphatic heterocycles. The zero-order chi connectivity index (χ0) is 27.0. The van der Waals surface area contributed by atoms with E-state index in [9.17, 15) is 9.59 Å². The second-order valence-electron chi connectivity index (χ2n) is 11.3. The van der Waals surface area contributed by atoms with E-state index in [4.69, 9.17) is 0 Å². The molecule has 0 bridgehead atoms. The van der Waals surface area contributed by atoms with Crippen LogP contribution in [0.1, 0.15) is 80.4 Å². The molecule has 3 aromatic rings. The maximum atomic E-state index is 12.4. The van der Waals surface area contributed by atoms with E-state index in [0.29, 0.717) is 17.4 Å². The van der Waals surface area contributed by atoms with Crippen molar-refractivity contribution in [2.45, 2.75) is 65.2 Å². The van der Waals surface area contributed by atoms with Crippen LogP contribution < -0.4 is 5.32 Å². The molecule has 37 heavy (non-hydrogen) atoms. The minimum Gasteiger partial charge on any atom is -0.469 e. The number of nitrogens with one attached hydrogen (secondary N) is 1. The minimum atomic E-state index is -0.335. The summed E-state index contributed by atoms with van der Waals surface area (Å²) in [6.07, 6.45) is 2.19. The predicted molar refractivity (Wildman–Crippen MR) is 152 cm³/mol. The monoisotopic (exact) mass is 499 g/mol. The molecule has 0 spiro atoms. The molecule has 0 heterocycles. The quantitative estimate of drug-likeness (QED) is 0.297. The number of carbonyl (C=O) groups is 2. The summed E-state index contributed by atoms with van der Waals surface area (Å²) in [6.45, 7) is 11.5. The predicted octanol–water partition coefficient (Wildman–Crippen LogP) is 7.32. The first-order chi connectivity index (χ1) is 17.6. The molecule has 1 N–H and O–H groups in total. The van der Waals surface area contributed by atoms with Gasteiger partial charge in [-0.3, -0.25) is 9.59 Å². The molecule has 0 fully saturated rings. The lowest BCUT2D eigenvalue weighted by Crippen LogP contribution is -2.26. The van der Waals surface area contributed by atoms with Crippen LogP contribution in [0.4, 0.5) is 0 Å². The molecule has 0 saturated heterocycles. The van der Waals surface area contributed by atoms with Gasteiger partial charge in [0.2, 0.25) is 0 Å². The first kappa shape index (κ1) is 28.2. The van der Waals surface area contributed by atoms with Crippen LogP contribution >= 0.6 is 0 Å². The largest absolute Gasteiger partial charge is 0.469 e. The Kier molecular flexibility index (Phi) is 9.68. The Hall–Kier alpha value is -3.40. The molecule has 3 rings (SSSR count). The lowest BCUT2D eigenvalue weighted by Gasteiger charge is -2.21. The summed E-state index contributed by atoms with van der Waals surface area (Å²) in [6, 6.07) is 25.7. The number of methoxy groups -OCH3 is 1. The van der Waals surface area contributed by atoms with Gasteiger partial charge in [-0.15, -0.1) is 0 Å². The summed E-state index contributed by atoms with van der Waals surface area (Å²) in [5.41, 5.74) is 7.10. The molecule has 3 aromatic carbocycles. The molecule has 0 aliphatic carbocycles. The summed E-state index contributed by atoms with van der Waals surface area (Å²) in [5.74, 6) is 0.417. The standard InChI is InChI=1S/C33H41NO3/c1-23(2)21-29(27-11-13-28(14-12-27)32(36)34-20-19-31(35)37-6)22-24-7-9-25(10-8-24)26-15-17-30(18-16-26)33(3,4)5/h7-18,23,29H,19-22H2,1-6H3,(H,34,36). The third-order valence-corrected chi connectivity index (χ3v) is 6.76. The van der Waals surface area contributed by atoms with Crippen LogP contribution in [0, 0.1) is 5.92 Å². The smallest absolute Gasteiger partial charge is 0.307 e. The fourth-order valence-electron chi connectivity index (χ4n) is 4.58. The van der Waals surface area contributed by atoms with Crippen molar-refractivity contribution in [1.82, 2.24) is 5.32 Å². The third kappa shape index (κ3) is 8.31. The number of hydrogen-bond acceptors (Lipinski definition) is 3. The normalized spacial score (nSPS) is 12.3. The summed E-state index contributed by atoms with van der Waals surface area (Å²) in [5, 5.41) is 2.77. The van der Waals surface area contributed by atoms with E-state index in [0.717, 1.165) is 12.8 Å². The first-order valence-corrected chi connectivity index (χ1v) is 13.2. The fraction of sp³-hybridized carbons (Fsp3) is 0.394. The Bertz CT molecular complexity index is 1150. The van der Waals surface area contributed by atoms with Crippen molar-refractivity contribution < 1.29 is 14.3 Å². The Morgan fingerprint density at radius 1 is 0.838 bits per heavy atom. The molecule has 1 unspecified atom stereocenters. The van der Waals surface area contributed by atoms with Crippen LogP contribution in [0.15, 0.2) is 72.8 Å². The zero-order valence-corrected chi connectivity index (χ0v) is 23.1. The van der Waals surface area contributed by atoms with Gasteiger partial charge in [0.25, 0.3) is 5.91 Å². The zero-order valence-electron chi connectivity index (χ0n) is 23.1. The highest BCUT2D eigenvalue weighted by Crippen LogP contribution is 2.30. The molecule has 1 amide bonds. The third-order valence-electron chi connectivity index (χ3n) is 6.76. The van der Waals surface area contributed by atoms with Crippen LogP contribution in [0.2, 0.25) is 0 Å². The molecular weight excluding hydrogens is 458 g/mol. The maximum absolute atomic E-state index is 12.4. The number of esters is 1. The van der Waals surface area contributed by atoms with Crippen molar-refractivity contribution in [2.75, 3.05) is 13.7 Å². The molecule has 0 saturated carbocycles. The summed E-state index contributed by atoms with van der Waals surface area (Å²) < 4.78 is 4.61. The Morgan fingerprint density at radius 3 is 1.92 bits per heavy atom. The minimum absolute atomic E-state index is 0.153. The van der Waals surface area contributed by atoms with Crippen molar-refractivity contribution in [3.05, 3.63) is 95.1 Å². The van der Waals surface area contributed by atoms with Gasteiger partial charge >= 0.3 is 5.97 Å². The average molecular weight is 500 g/mol.